The minimum absolute atomic E-state index is 0.147. The van der Waals surface area contributed by atoms with Gasteiger partial charge in [0.1, 0.15) is 5.69 Å². The molecule has 6 heteroatoms. The molecule has 2 aromatic rings. The number of aromatic carboxylic acids is 1. The van der Waals surface area contributed by atoms with Crippen LogP contribution in [0.15, 0.2) is 24.3 Å². The van der Waals surface area contributed by atoms with Crippen molar-refractivity contribution in [3.8, 4) is 5.69 Å². The molecule has 0 spiro atoms. The molecule has 0 bridgehead atoms. The van der Waals surface area contributed by atoms with Gasteiger partial charge in [0.2, 0.25) is 0 Å². The van der Waals surface area contributed by atoms with Crippen molar-refractivity contribution in [1.82, 2.24) is 15.0 Å². The predicted molar refractivity (Wildman–Crippen MR) is 77.0 cm³/mol. The SMILES string of the molecule is CCC(CC)c1c(C=O)nnn1-c1cccc(C(=O)O)c1. The molecule has 0 aliphatic carbocycles. The van der Waals surface area contributed by atoms with E-state index in [0.29, 0.717) is 17.7 Å². The zero-order valence-corrected chi connectivity index (χ0v) is 12.0. The molecule has 0 aliphatic heterocycles. The number of carboxylic acid groups (broad SMARTS) is 1. The highest BCUT2D eigenvalue weighted by Gasteiger charge is 2.21. The topological polar surface area (TPSA) is 85.1 Å². The largest absolute Gasteiger partial charge is 0.478 e. The van der Waals surface area contributed by atoms with Crippen molar-refractivity contribution < 1.29 is 14.7 Å². The van der Waals surface area contributed by atoms with Gasteiger partial charge >= 0.3 is 5.97 Å². The Kier molecular flexibility index (Phi) is 4.47. The minimum atomic E-state index is -1.00. The fraction of sp³-hybridized carbons (Fsp3) is 0.333. The molecule has 2 rings (SSSR count). The number of benzene rings is 1. The van der Waals surface area contributed by atoms with Crippen LogP contribution in [0.5, 0.6) is 0 Å². The van der Waals surface area contributed by atoms with Gasteiger partial charge in [0, 0.05) is 5.92 Å². The van der Waals surface area contributed by atoms with Gasteiger partial charge in [-0.3, -0.25) is 4.79 Å². The normalized spacial score (nSPS) is 10.8. The molecule has 6 nitrogen and oxygen atoms in total. The first kappa shape index (κ1) is 14.9. The van der Waals surface area contributed by atoms with Crippen LogP contribution in [-0.2, 0) is 0 Å². The Morgan fingerprint density at radius 3 is 2.67 bits per heavy atom. The van der Waals surface area contributed by atoms with E-state index < -0.39 is 5.97 Å². The predicted octanol–water partition coefficient (Wildman–Crippen LogP) is 2.68. The number of carbonyl (C=O) groups excluding carboxylic acids is 1. The first-order valence-electron chi connectivity index (χ1n) is 6.86. The second-order valence-electron chi connectivity index (χ2n) is 4.76. The van der Waals surface area contributed by atoms with E-state index in [4.69, 9.17) is 5.11 Å². The summed E-state index contributed by atoms with van der Waals surface area (Å²) in [5.41, 5.74) is 1.81. The van der Waals surface area contributed by atoms with E-state index >= 15 is 0 Å². The van der Waals surface area contributed by atoms with E-state index in [1.54, 1.807) is 16.8 Å². The Morgan fingerprint density at radius 2 is 2.10 bits per heavy atom. The molecule has 1 heterocycles. The quantitative estimate of drug-likeness (QED) is 0.825. The lowest BCUT2D eigenvalue weighted by Gasteiger charge is -2.15. The molecule has 0 radical (unpaired) electrons. The van der Waals surface area contributed by atoms with Gasteiger partial charge in [-0.1, -0.05) is 25.1 Å². The average molecular weight is 287 g/mol. The van der Waals surface area contributed by atoms with Crippen molar-refractivity contribution in [3.63, 3.8) is 0 Å². The second-order valence-corrected chi connectivity index (χ2v) is 4.76. The van der Waals surface area contributed by atoms with Crippen LogP contribution in [0.25, 0.3) is 5.69 Å². The smallest absolute Gasteiger partial charge is 0.335 e. The Balaban J connectivity index is 2.58. The molecular weight excluding hydrogens is 270 g/mol. The number of carboxylic acids is 1. The molecule has 110 valence electrons. The molecule has 0 unspecified atom stereocenters. The molecule has 1 N–H and O–H groups in total. The third-order valence-corrected chi connectivity index (χ3v) is 3.55. The van der Waals surface area contributed by atoms with E-state index in [9.17, 15) is 9.59 Å². The van der Waals surface area contributed by atoms with Gasteiger partial charge in [0.25, 0.3) is 0 Å². The highest BCUT2D eigenvalue weighted by molar-refractivity contribution is 5.88. The Morgan fingerprint density at radius 1 is 1.38 bits per heavy atom. The van der Waals surface area contributed by atoms with Crippen LogP contribution < -0.4 is 0 Å². The van der Waals surface area contributed by atoms with Gasteiger partial charge in [-0.05, 0) is 31.0 Å². The maximum Gasteiger partial charge on any atom is 0.335 e. The summed E-state index contributed by atoms with van der Waals surface area (Å²) < 4.78 is 1.56. The summed E-state index contributed by atoms with van der Waals surface area (Å²) in [4.78, 5) is 22.2. The van der Waals surface area contributed by atoms with Crippen molar-refractivity contribution in [2.24, 2.45) is 0 Å². The number of rotatable bonds is 6. The molecule has 0 amide bonds. The highest BCUT2D eigenvalue weighted by atomic mass is 16.4. The zero-order valence-electron chi connectivity index (χ0n) is 12.0. The highest BCUT2D eigenvalue weighted by Crippen LogP contribution is 2.27. The molecule has 1 aromatic carbocycles. The number of hydrogen-bond donors (Lipinski definition) is 1. The lowest BCUT2D eigenvalue weighted by Crippen LogP contribution is -2.09. The van der Waals surface area contributed by atoms with Crippen LogP contribution in [-0.4, -0.2) is 32.4 Å². The van der Waals surface area contributed by atoms with E-state index in [2.05, 4.69) is 10.3 Å². The molecule has 21 heavy (non-hydrogen) atoms. The standard InChI is InChI=1S/C15H17N3O3/c1-3-10(4-2)14-13(9-19)16-17-18(14)12-7-5-6-11(8-12)15(20)21/h5-10H,3-4H2,1-2H3,(H,20,21). The van der Waals surface area contributed by atoms with Crippen LogP contribution in [0.4, 0.5) is 0 Å². The number of nitrogens with zero attached hydrogens (tertiary/aromatic N) is 3. The van der Waals surface area contributed by atoms with E-state index in [1.165, 1.54) is 12.1 Å². The monoisotopic (exact) mass is 287 g/mol. The lowest BCUT2D eigenvalue weighted by atomic mass is 9.97. The third-order valence-electron chi connectivity index (χ3n) is 3.55. The van der Waals surface area contributed by atoms with Gasteiger partial charge in [-0.15, -0.1) is 5.10 Å². The van der Waals surface area contributed by atoms with Crippen LogP contribution in [0, 0.1) is 0 Å². The van der Waals surface area contributed by atoms with Gasteiger partial charge in [-0.2, -0.15) is 0 Å². The van der Waals surface area contributed by atoms with Gasteiger partial charge in [0.05, 0.1) is 16.9 Å². The van der Waals surface area contributed by atoms with Crippen LogP contribution >= 0.6 is 0 Å². The fourth-order valence-electron chi connectivity index (χ4n) is 2.40. The summed E-state index contributed by atoms with van der Waals surface area (Å²) in [6.07, 6.45) is 2.39. The summed E-state index contributed by atoms with van der Waals surface area (Å²) in [6, 6.07) is 6.44. The zero-order chi connectivity index (χ0) is 15.4. The van der Waals surface area contributed by atoms with Crippen molar-refractivity contribution in [3.05, 3.63) is 41.2 Å². The van der Waals surface area contributed by atoms with Crippen molar-refractivity contribution in [1.29, 1.82) is 0 Å². The Bertz CT molecular complexity index is 660. The number of hydrogen-bond acceptors (Lipinski definition) is 4. The van der Waals surface area contributed by atoms with Crippen molar-refractivity contribution >= 4 is 12.3 Å². The molecule has 0 aliphatic rings. The molecular formula is C15H17N3O3. The fourth-order valence-corrected chi connectivity index (χ4v) is 2.40. The van der Waals surface area contributed by atoms with Gasteiger partial charge in [-0.25, -0.2) is 9.48 Å². The molecule has 0 saturated carbocycles. The average Bonchev–Trinajstić information content (AvgIpc) is 2.92. The third kappa shape index (κ3) is 2.84. The minimum Gasteiger partial charge on any atom is -0.478 e. The molecule has 1 aromatic heterocycles. The summed E-state index contributed by atoms with van der Waals surface area (Å²) in [6.45, 7) is 4.07. The first-order chi connectivity index (χ1) is 10.1. The summed E-state index contributed by atoms with van der Waals surface area (Å²) in [5.74, 6) is -0.856. The van der Waals surface area contributed by atoms with Gasteiger partial charge < -0.3 is 5.11 Å². The molecule has 0 saturated heterocycles. The van der Waals surface area contributed by atoms with E-state index in [0.717, 1.165) is 18.5 Å². The van der Waals surface area contributed by atoms with Crippen LogP contribution in [0.3, 0.4) is 0 Å². The van der Waals surface area contributed by atoms with Gasteiger partial charge in [0.15, 0.2) is 6.29 Å². The van der Waals surface area contributed by atoms with Crippen molar-refractivity contribution in [2.75, 3.05) is 0 Å². The van der Waals surface area contributed by atoms with Crippen LogP contribution in [0.2, 0.25) is 0 Å². The number of aldehydes is 1. The lowest BCUT2D eigenvalue weighted by molar-refractivity contribution is 0.0696. The number of aromatic nitrogens is 3. The van der Waals surface area contributed by atoms with Crippen molar-refractivity contribution in [2.45, 2.75) is 32.6 Å². The first-order valence-corrected chi connectivity index (χ1v) is 6.86. The second kappa shape index (κ2) is 6.30. The summed E-state index contributed by atoms with van der Waals surface area (Å²) in [7, 11) is 0. The molecule has 0 atom stereocenters. The van der Waals surface area contributed by atoms with E-state index in [1.807, 2.05) is 13.8 Å². The maximum atomic E-state index is 11.2. The Hall–Kier alpha value is -2.50. The summed E-state index contributed by atoms with van der Waals surface area (Å²) >= 11 is 0. The number of carbonyl (C=O) groups is 2. The maximum absolute atomic E-state index is 11.2. The van der Waals surface area contributed by atoms with E-state index in [-0.39, 0.29) is 11.5 Å². The Labute approximate surface area is 122 Å². The molecule has 0 fully saturated rings. The van der Waals surface area contributed by atoms with Crippen LogP contribution in [0.1, 0.15) is 59.1 Å². The summed E-state index contributed by atoms with van der Waals surface area (Å²) in [5, 5.41) is 17.0.